The van der Waals surface area contributed by atoms with Gasteiger partial charge in [-0.25, -0.2) is 17.8 Å². The molecule has 0 spiro atoms. The maximum absolute atomic E-state index is 14.2. The highest BCUT2D eigenvalue weighted by Crippen LogP contribution is 2.29. The van der Waals surface area contributed by atoms with Gasteiger partial charge in [-0.1, -0.05) is 18.2 Å². The molecule has 3 N–H and O–H groups in total. The molecule has 4 rings (SSSR count). The van der Waals surface area contributed by atoms with E-state index in [-0.39, 0.29) is 11.1 Å². The molecule has 0 aliphatic heterocycles. The number of aromatic hydroxyl groups is 1. The number of sulfonamides is 1. The monoisotopic (exact) mass is 425 g/mol. The lowest BCUT2D eigenvalue weighted by atomic mass is 10.0. The van der Waals surface area contributed by atoms with Gasteiger partial charge in [-0.05, 0) is 35.9 Å². The number of aromatic amines is 1. The van der Waals surface area contributed by atoms with E-state index in [1.807, 2.05) is 0 Å². The minimum absolute atomic E-state index is 0.203. The van der Waals surface area contributed by atoms with Crippen LogP contribution in [0.3, 0.4) is 0 Å². The van der Waals surface area contributed by atoms with Gasteiger partial charge >= 0.3 is 0 Å². The Balaban J connectivity index is 1.78. The first-order valence-electron chi connectivity index (χ1n) is 8.80. The summed E-state index contributed by atoms with van der Waals surface area (Å²) in [5.74, 6) is -2.18. The second-order valence-electron chi connectivity index (χ2n) is 6.75. The highest BCUT2D eigenvalue weighted by molar-refractivity contribution is 7.92. The third-order valence-electron chi connectivity index (χ3n) is 4.50. The normalized spacial score (nSPS) is 11.5. The molecule has 0 radical (unpaired) electrons. The minimum Gasteiger partial charge on any atom is -0.505 e. The van der Waals surface area contributed by atoms with Gasteiger partial charge in [0.1, 0.15) is 5.65 Å². The van der Waals surface area contributed by atoms with Gasteiger partial charge in [0.15, 0.2) is 17.3 Å². The molecule has 0 fully saturated rings. The van der Waals surface area contributed by atoms with Crippen LogP contribution in [0.4, 0.5) is 10.1 Å². The predicted octanol–water partition coefficient (Wildman–Crippen LogP) is 3.68. The third-order valence-corrected chi connectivity index (χ3v) is 5.10. The van der Waals surface area contributed by atoms with Gasteiger partial charge in [-0.2, -0.15) is 0 Å². The maximum atomic E-state index is 14.2. The lowest BCUT2D eigenvalue weighted by Gasteiger charge is -2.07. The molecule has 4 aromatic rings. The first-order valence-corrected chi connectivity index (χ1v) is 10.7. The average molecular weight is 425 g/mol. The fourth-order valence-electron chi connectivity index (χ4n) is 3.17. The number of anilines is 1. The molecule has 0 unspecified atom stereocenters. The Bertz CT molecular complexity index is 1400. The Morgan fingerprint density at radius 3 is 2.63 bits per heavy atom. The topological polar surface area (TPSA) is 112 Å². The van der Waals surface area contributed by atoms with E-state index in [4.69, 9.17) is 0 Å². The summed E-state index contributed by atoms with van der Waals surface area (Å²) in [6.07, 6.45) is 4.09. The van der Waals surface area contributed by atoms with Crippen LogP contribution in [0.5, 0.6) is 5.75 Å². The van der Waals surface area contributed by atoms with Gasteiger partial charge in [-0.15, -0.1) is 0 Å². The van der Waals surface area contributed by atoms with Crippen molar-refractivity contribution in [3.63, 3.8) is 0 Å². The van der Waals surface area contributed by atoms with Crippen LogP contribution in [0.25, 0.3) is 22.2 Å². The van der Waals surface area contributed by atoms with E-state index in [0.29, 0.717) is 27.8 Å². The second kappa shape index (κ2) is 7.27. The molecular weight excluding hydrogens is 409 g/mol. The van der Waals surface area contributed by atoms with E-state index in [1.165, 1.54) is 24.4 Å². The Kier molecular flexibility index (Phi) is 4.75. The highest BCUT2D eigenvalue weighted by Gasteiger charge is 2.20. The Labute approximate surface area is 171 Å². The Morgan fingerprint density at radius 1 is 1.10 bits per heavy atom. The molecule has 9 heteroatoms. The zero-order chi connectivity index (χ0) is 21.5. The molecule has 0 aliphatic rings. The number of H-pyrrole nitrogens is 1. The van der Waals surface area contributed by atoms with Crippen LogP contribution in [0.15, 0.2) is 60.9 Å². The van der Waals surface area contributed by atoms with Crippen molar-refractivity contribution in [1.82, 2.24) is 9.97 Å². The van der Waals surface area contributed by atoms with Crippen LogP contribution in [-0.2, 0) is 10.0 Å². The molecule has 2 aromatic heterocycles. The third kappa shape index (κ3) is 3.74. The summed E-state index contributed by atoms with van der Waals surface area (Å²) in [5.41, 5.74) is 2.11. The van der Waals surface area contributed by atoms with E-state index in [0.717, 1.165) is 6.26 Å². The molecule has 2 heterocycles. The van der Waals surface area contributed by atoms with Gasteiger partial charge in [0.05, 0.1) is 11.8 Å². The summed E-state index contributed by atoms with van der Waals surface area (Å²) in [4.78, 5) is 20.1. The number of nitrogens with one attached hydrogen (secondary N) is 2. The fourth-order valence-corrected chi connectivity index (χ4v) is 3.72. The van der Waals surface area contributed by atoms with Crippen LogP contribution < -0.4 is 4.72 Å². The molecule has 0 amide bonds. The first-order chi connectivity index (χ1) is 14.2. The van der Waals surface area contributed by atoms with Gasteiger partial charge in [0.25, 0.3) is 0 Å². The first kappa shape index (κ1) is 19.6. The number of aromatic nitrogens is 2. The summed E-state index contributed by atoms with van der Waals surface area (Å²) in [5, 5.41) is 10.0. The SMILES string of the molecule is CS(=O)(=O)Nc1cccc(-c2cnc3[nH]cc(C(=O)c4cccc(O)c4F)c3c2)c1. The highest BCUT2D eigenvalue weighted by atomic mass is 32.2. The molecule has 7 nitrogen and oxygen atoms in total. The van der Waals surface area contributed by atoms with E-state index in [1.54, 1.807) is 36.5 Å². The van der Waals surface area contributed by atoms with Crippen LogP contribution >= 0.6 is 0 Å². The summed E-state index contributed by atoms with van der Waals surface area (Å²) in [6, 6.07) is 12.3. The number of halogens is 1. The minimum atomic E-state index is -3.43. The van der Waals surface area contributed by atoms with Crippen molar-refractivity contribution in [3.05, 3.63) is 77.9 Å². The van der Waals surface area contributed by atoms with Crippen molar-refractivity contribution in [2.45, 2.75) is 0 Å². The van der Waals surface area contributed by atoms with E-state index < -0.39 is 27.4 Å². The molecule has 0 saturated carbocycles. The van der Waals surface area contributed by atoms with Gasteiger partial charge in [-0.3, -0.25) is 9.52 Å². The number of phenolic OH excluding ortho intramolecular Hbond substituents is 1. The summed E-state index contributed by atoms with van der Waals surface area (Å²) >= 11 is 0. The van der Waals surface area contributed by atoms with Crippen molar-refractivity contribution in [2.75, 3.05) is 11.0 Å². The number of ketones is 1. The average Bonchev–Trinajstić information content (AvgIpc) is 3.11. The van der Waals surface area contributed by atoms with Gasteiger partial charge in [0, 0.05) is 34.6 Å². The second-order valence-corrected chi connectivity index (χ2v) is 8.49. The smallest absolute Gasteiger partial charge is 0.229 e. The number of hydrogen-bond donors (Lipinski definition) is 3. The van der Waals surface area contributed by atoms with Crippen molar-refractivity contribution >= 4 is 32.5 Å². The molecule has 0 saturated heterocycles. The Morgan fingerprint density at radius 2 is 1.87 bits per heavy atom. The molecule has 30 heavy (non-hydrogen) atoms. The largest absolute Gasteiger partial charge is 0.505 e. The Hall–Kier alpha value is -3.72. The lowest BCUT2D eigenvalue weighted by molar-refractivity contribution is 0.103. The zero-order valence-electron chi connectivity index (χ0n) is 15.7. The molecular formula is C21H16FN3O4S. The molecule has 152 valence electrons. The van der Waals surface area contributed by atoms with Crippen LogP contribution in [0.2, 0.25) is 0 Å². The van der Waals surface area contributed by atoms with Gasteiger partial charge in [0.2, 0.25) is 10.0 Å². The molecule has 0 atom stereocenters. The van der Waals surface area contributed by atoms with Crippen molar-refractivity contribution in [1.29, 1.82) is 0 Å². The van der Waals surface area contributed by atoms with E-state index in [2.05, 4.69) is 14.7 Å². The number of rotatable bonds is 5. The van der Waals surface area contributed by atoms with Crippen LogP contribution in [-0.4, -0.2) is 35.5 Å². The number of pyridine rings is 1. The zero-order valence-corrected chi connectivity index (χ0v) is 16.5. The van der Waals surface area contributed by atoms with Crippen LogP contribution in [0.1, 0.15) is 15.9 Å². The number of hydrogen-bond acceptors (Lipinski definition) is 5. The van der Waals surface area contributed by atoms with Gasteiger partial charge < -0.3 is 10.1 Å². The van der Waals surface area contributed by atoms with E-state index in [9.17, 15) is 22.7 Å². The summed E-state index contributed by atoms with van der Waals surface area (Å²) < 4.78 is 39.6. The molecule has 0 bridgehead atoms. The summed E-state index contributed by atoms with van der Waals surface area (Å²) in [7, 11) is -3.43. The standard InChI is InChI=1S/C21H16FN3O4S/c1-30(28,29)25-14-5-2-4-12(8-14)13-9-16-17(11-24-21(16)23-10-13)20(27)15-6-3-7-18(26)19(15)22/h2-11,25-26H,1H3,(H,23,24). The number of nitrogens with zero attached hydrogens (tertiary/aromatic N) is 1. The lowest BCUT2D eigenvalue weighted by Crippen LogP contribution is -2.09. The van der Waals surface area contributed by atoms with Crippen LogP contribution in [0, 0.1) is 5.82 Å². The predicted molar refractivity (Wildman–Crippen MR) is 111 cm³/mol. The maximum Gasteiger partial charge on any atom is 0.229 e. The number of fused-ring (bicyclic) bond motifs is 1. The summed E-state index contributed by atoms with van der Waals surface area (Å²) in [6.45, 7) is 0. The fraction of sp³-hybridized carbons (Fsp3) is 0.0476. The van der Waals surface area contributed by atoms with Crippen molar-refractivity contribution in [3.8, 4) is 16.9 Å². The quantitative estimate of drug-likeness (QED) is 0.422. The number of carbonyl (C=O) groups is 1. The number of phenols is 1. The van der Waals surface area contributed by atoms with Crippen molar-refractivity contribution < 1.29 is 22.7 Å². The molecule has 0 aliphatic carbocycles. The van der Waals surface area contributed by atoms with E-state index >= 15 is 0 Å². The number of benzene rings is 2. The number of carbonyl (C=O) groups excluding carboxylic acids is 1. The molecule has 2 aromatic carbocycles. The van der Waals surface area contributed by atoms with Crippen molar-refractivity contribution in [2.24, 2.45) is 0 Å².